The fraction of sp³-hybridized carbons (Fsp3) is 0.579. The summed E-state index contributed by atoms with van der Waals surface area (Å²) < 4.78 is 0. The fourth-order valence-electron chi connectivity index (χ4n) is 2.73. The minimum Gasteiger partial charge on any atom is -0.480 e. The standard InChI is InChI=1S/C19H31N7O6S/c1-10(24-17(29)12(20)7-11-8-22-9-23-11)16(28)25-13(3-4-15(21)27)18(30)26-14(19(31)32)5-6-33-2/h8-10,12-14H,3-7,20H2,1-2H3,(H2,21,27)(H,22,23)(H,24,29)(H,25,28)(H,26,30)(H,31,32). The number of carbonyl (C=O) groups excluding carboxylic acids is 4. The highest BCUT2D eigenvalue weighted by atomic mass is 32.2. The normalized spacial score (nSPS) is 14.4. The van der Waals surface area contributed by atoms with E-state index in [1.807, 2.05) is 0 Å². The first-order chi connectivity index (χ1) is 15.5. The van der Waals surface area contributed by atoms with Gasteiger partial charge in [-0.05, 0) is 31.8 Å². The van der Waals surface area contributed by atoms with E-state index in [-0.39, 0.29) is 25.7 Å². The van der Waals surface area contributed by atoms with E-state index in [0.29, 0.717) is 11.4 Å². The average molecular weight is 486 g/mol. The third-order valence-corrected chi connectivity index (χ3v) is 5.27. The van der Waals surface area contributed by atoms with Crippen LogP contribution >= 0.6 is 11.8 Å². The molecular formula is C19H31N7O6S. The molecule has 33 heavy (non-hydrogen) atoms. The summed E-state index contributed by atoms with van der Waals surface area (Å²) in [5, 5.41) is 16.6. The number of carboxylic acid groups (broad SMARTS) is 1. The molecule has 14 heteroatoms. The summed E-state index contributed by atoms with van der Waals surface area (Å²) in [6.07, 6.45) is 4.78. The molecule has 0 spiro atoms. The molecule has 0 saturated heterocycles. The molecule has 0 fully saturated rings. The molecule has 1 aromatic heterocycles. The number of nitrogens with one attached hydrogen (secondary N) is 4. The van der Waals surface area contributed by atoms with Crippen LogP contribution in [0.5, 0.6) is 0 Å². The van der Waals surface area contributed by atoms with E-state index >= 15 is 0 Å². The van der Waals surface area contributed by atoms with Gasteiger partial charge in [-0.25, -0.2) is 9.78 Å². The number of primary amides is 1. The Bertz CT molecular complexity index is 820. The Hall–Kier alpha value is -3.13. The van der Waals surface area contributed by atoms with Crippen molar-refractivity contribution in [2.45, 2.75) is 56.8 Å². The maximum Gasteiger partial charge on any atom is 0.326 e. The van der Waals surface area contributed by atoms with Crippen LogP contribution in [0.3, 0.4) is 0 Å². The van der Waals surface area contributed by atoms with E-state index in [9.17, 15) is 29.1 Å². The molecule has 4 amide bonds. The Kier molecular flexibility index (Phi) is 11.9. The van der Waals surface area contributed by atoms with Crippen molar-refractivity contribution >= 4 is 41.4 Å². The highest BCUT2D eigenvalue weighted by Gasteiger charge is 2.29. The molecule has 0 saturated carbocycles. The van der Waals surface area contributed by atoms with Gasteiger partial charge in [0.05, 0.1) is 12.4 Å². The molecule has 1 rings (SSSR count). The van der Waals surface area contributed by atoms with Crippen LogP contribution in [0.25, 0.3) is 0 Å². The van der Waals surface area contributed by atoms with E-state index in [1.54, 1.807) is 6.26 Å². The van der Waals surface area contributed by atoms with Crippen LogP contribution in [-0.2, 0) is 30.4 Å². The zero-order valence-electron chi connectivity index (χ0n) is 18.5. The lowest BCUT2D eigenvalue weighted by Crippen LogP contribution is -2.56. The topological polar surface area (TPSA) is 222 Å². The maximum absolute atomic E-state index is 12.6. The van der Waals surface area contributed by atoms with Gasteiger partial charge in [0, 0.05) is 24.7 Å². The minimum atomic E-state index is -1.22. The van der Waals surface area contributed by atoms with Crippen molar-refractivity contribution in [1.29, 1.82) is 0 Å². The van der Waals surface area contributed by atoms with Gasteiger partial charge >= 0.3 is 5.97 Å². The summed E-state index contributed by atoms with van der Waals surface area (Å²) in [7, 11) is 0. The zero-order valence-corrected chi connectivity index (χ0v) is 19.3. The number of aromatic nitrogens is 2. The number of rotatable bonds is 15. The molecule has 13 nitrogen and oxygen atoms in total. The number of carboxylic acids is 1. The first kappa shape index (κ1) is 27.9. The van der Waals surface area contributed by atoms with Crippen LogP contribution in [0, 0.1) is 0 Å². The van der Waals surface area contributed by atoms with Gasteiger partial charge in [-0.3, -0.25) is 19.2 Å². The highest BCUT2D eigenvalue weighted by molar-refractivity contribution is 7.98. The molecule has 184 valence electrons. The van der Waals surface area contributed by atoms with Crippen LogP contribution in [0.15, 0.2) is 12.5 Å². The van der Waals surface area contributed by atoms with Gasteiger partial charge in [-0.1, -0.05) is 0 Å². The minimum absolute atomic E-state index is 0.137. The predicted octanol–water partition coefficient (Wildman–Crippen LogP) is -2.14. The fourth-order valence-corrected chi connectivity index (χ4v) is 3.20. The number of hydrogen-bond donors (Lipinski definition) is 7. The van der Waals surface area contributed by atoms with Crippen molar-refractivity contribution in [2.75, 3.05) is 12.0 Å². The molecule has 4 atom stereocenters. The van der Waals surface area contributed by atoms with Crippen molar-refractivity contribution in [1.82, 2.24) is 25.9 Å². The van der Waals surface area contributed by atoms with Gasteiger partial charge in [-0.2, -0.15) is 11.8 Å². The molecular weight excluding hydrogens is 454 g/mol. The smallest absolute Gasteiger partial charge is 0.326 e. The Balaban J connectivity index is 2.75. The lowest BCUT2D eigenvalue weighted by atomic mass is 10.1. The van der Waals surface area contributed by atoms with Crippen LogP contribution in [-0.4, -0.2) is 80.8 Å². The van der Waals surface area contributed by atoms with Crippen molar-refractivity contribution < 1.29 is 29.1 Å². The van der Waals surface area contributed by atoms with Crippen LogP contribution in [0.4, 0.5) is 0 Å². The van der Waals surface area contributed by atoms with E-state index in [4.69, 9.17) is 11.5 Å². The molecule has 0 aliphatic carbocycles. The van der Waals surface area contributed by atoms with Gasteiger partial charge in [-0.15, -0.1) is 0 Å². The Morgan fingerprint density at radius 3 is 2.30 bits per heavy atom. The number of imidazole rings is 1. The summed E-state index contributed by atoms with van der Waals surface area (Å²) in [6.45, 7) is 1.40. The first-order valence-corrected chi connectivity index (χ1v) is 11.6. The van der Waals surface area contributed by atoms with Crippen molar-refractivity contribution in [2.24, 2.45) is 11.5 Å². The number of carbonyl (C=O) groups is 5. The van der Waals surface area contributed by atoms with Gasteiger partial charge in [0.2, 0.25) is 23.6 Å². The second kappa shape index (κ2) is 14.1. The van der Waals surface area contributed by atoms with Crippen molar-refractivity contribution in [3.8, 4) is 0 Å². The van der Waals surface area contributed by atoms with E-state index in [1.165, 1.54) is 31.2 Å². The summed E-state index contributed by atoms with van der Waals surface area (Å²) in [5.41, 5.74) is 11.6. The molecule has 9 N–H and O–H groups in total. The van der Waals surface area contributed by atoms with Crippen LogP contribution < -0.4 is 27.4 Å². The molecule has 1 aromatic rings. The molecule has 0 aromatic carbocycles. The first-order valence-electron chi connectivity index (χ1n) is 10.2. The number of aliphatic carboxylic acids is 1. The molecule has 0 bridgehead atoms. The number of thioether (sulfide) groups is 1. The Labute approximate surface area is 195 Å². The Morgan fingerprint density at radius 1 is 1.09 bits per heavy atom. The van der Waals surface area contributed by atoms with E-state index in [2.05, 4.69) is 25.9 Å². The highest BCUT2D eigenvalue weighted by Crippen LogP contribution is 2.05. The van der Waals surface area contributed by atoms with E-state index < -0.39 is 53.8 Å². The second-order valence-corrected chi connectivity index (χ2v) is 8.35. The second-order valence-electron chi connectivity index (χ2n) is 7.36. The molecule has 1 heterocycles. The Morgan fingerprint density at radius 2 is 1.76 bits per heavy atom. The summed E-state index contributed by atoms with van der Waals surface area (Å²) in [4.78, 5) is 66.7. The lowest BCUT2D eigenvalue weighted by molar-refractivity contribution is -0.142. The number of H-pyrrole nitrogens is 1. The van der Waals surface area contributed by atoms with Crippen molar-refractivity contribution in [3.63, 3.8) is 0 Å². The van der Waals surface area contributed by atoms with E-state index in [0.717, 1.165) is 0 Å². The monoisotopic (exact) mass is 485 g/mol. The number of nitrogens with zero attached hydrogens (tertiary/aromatic N) is 1. The number of aromatic amines is 1. The third kappa shape index (κ3) is 10.4. The largest absolute Gasteiger partial charge is 0.480 e. The van der Waals surface area contributed by atoms with Gasteiger partial charge in [0.25, 0.3) is 0 Å². The molecule has 0 aliphatic rings. The number of hydrogen-bond acceptors (Lipinski definition) is 8. The lowest BCUT2D eigenvalue weighted by Gasteiger charge is -2.23. The van der Waals surface area contributed by atoms with Crippen molar-refractivity contribution in [3.05, 3.63) is 18.2 Å². The van der Waals surface area contributed by atoms with Gasteiger partial charge < -0.3 is 37.5 Å². The van der Waals surface area contributed by atoms with Crippen LogP contribution in [0.1, 0.15) is 31.9 Å². The number of nitrogens with two attached hydrogens (primary N) is 2. The summed E-state index contributed by atoms with van der Waals surface area (Å²) >= 11 is 1.42. The quantitative estimate of drug-likeness (QED) is 0.144. The maximum atomic E-state index is 12.6. The predicted molar refractivity (Wildman–Crippen MR) is 121 cm³/mol. The number of amides is 4. The van der Waals surface area contributed by atoms with Gasteiger partial charge in [0.15, 0.2) is 0 Å². The molecule has 0 aliphatic heterocycles. The summed E-state index contributed by atoms with van der Waals surface area (Å²) in [6, 6.07) is -4.38. The third-order valence-electron chi connectivity index (χ3n) is 4.62. The van der Waals surface area contributed by atoms with Gasteiger partial charge in [0.1, 0.15) is 18.1 Å². The van der Waals surface area contributed by atoms with Crippen LogP contribution in [0.2, 0.25) is 0 Å². The SMILES string of the molecule is CSCCC(NC(=O)C(CCC(N)=O)NC(=O)C(C)NC(=O)C(N)Cc1cnc[nH]1)C(=O)O. The zero-order chi connectivity index (χ0) is 25.0. The molecule has 0 radical (unpaired) electrons. The molecule has 4 unspecified atom stereocenters. The summed E-state index contributed by atoms with van der Waals surface area (Å²) in [5.74, 6) is -3.48. The average Bonchev–Trinajstić information content (AvgIpc) is 3.26.